The van der Waals surface area contributed by atoms with Gasteiger partial charge in [-0.3, -0.25) is 4.90 Å². The van der Waals surface area contributed by atoms with E-state index in [0.29, 0.717) is 12.6 Å². The molecule has 1 aliphatic rings. The number of nitrogens with two attached hydrogens (primary N) is 1. The highest BCUT2D eigenvalue weighted by Gasteiger charge is 2.29. The van der Waals surface area contributed by atoms with Crippen LogP contribution in [0.1, 0.15) is 31.4 Å². The molecule has 106 valence electrons. The number of hydrogen-bond donors (Lipinski definition) is 1. The molecule has 4 heteroatoms. The van der Waals surface area contributed by atoms with Crippen molar-refractivity contribution in [2.75, 3.05) is 27.3 Å². The number of rotatable bonds is 5. The zero-order valence-electron chi connectivity index (χ0n) is 12.1. The molecular formula is C15H24N2O2. The summed E-state index contributed by atoms with van der Waals surface area (Å²) in [7, 11) is 3.36. The number of methoxy groups -OCH3 is 2. The van der Waals surface area contributed by atoms with Gasteiger partial charge in [-0.25, -0.2) is 0 Å². The molecule has 0 radical (unpaired) electrons. The number of likely N-dealkylation sites (tertiary alicyclic amines) is 1. The maximum Gasteiger partial charge on any atom is 0.127 e. The molecule has 0 aliphatic carbocycles. The largest absolute Gasteiger partial charge is 0.497 e. The Kier molecular flexibility index (Phi) is 4.66. The van der Waals surface area contributed by atoms with Crippen LogP contribution in [-0.4, -0.2) is 38.3 Å². The molecule has 2 atom stereocenters. The lowest BCUT2D eigenvalue weighted by molar-refractivity contribution is 0.192. The monoisotopic (exact) mass is 264 g/mol. The summed E-state index contributed by atoms with van der Waals surface area (Å²) < 4.78 is 10.8. The van der Waals surface area contributed by atoms with Gasteiger partial charge in [0, 0.05) is 24.2 Å². The SMILES string of the molecule is COc1ccc(C(CN)N2CCCC2C)c(OC)c1. The second-order valence-electron chi connectivity index (χ2n) is 5.09. The summed E-state index contributed by atoms with van der Waals surface area (Å²) in [5, 5.41) is 0. The Labute approximate surface area is 115 Å². The van der Waals surface area contributed by atoms with Gasteiger partial charge in [0.1, 0.15) is 11.5 Å². The molecule has 1 saturated heterocycles. The first-order valence-electron chi connectivity index (χ1n) is 6.89. The molecule has 2 unspecified atom stereocenters. The molecule has 0 amide bonds. The number of benzene rings is 1. The van der Waals surface area contributed by atoms with Crippen molar-refractivity contribution < 1.29 is 9.47 Å². The predicted octanol–water partition coefficient (Wildman–Crippen LogP) is 2.19. The Bertz CT molecular complexity index is 423. The third kappa shape index (κ3) is 2.85. The summed E-state index contributed by atoms with van der Waals surface area (Å²) in [6, 6.07) is 6.78. The molecule has 1 fully saturated rings. The lowest BCUT2D eigenvalue weighted by Gasteiger charge is -2.31. The lowest BCUT2D eigenvalue weighted by Crippen LogP contribution is -2.36. The average molecular weight is 264 g/mol. The minimum Gasteiger partial charge on any atom is -0.497 e. The van der Waals surface area contributed by atoms with Crippen LogP contribution in [-0.2, 0) is 0 Å². The summed E-state index contributed by atoms with van der Waals surface area (Å²) in [6.07, 6.45) is 2.49. The van der Waals surface area contributed by atoms with Gasteiger partial charge in [-0.2, -0.15) is 0 Å². The van der Waals surface area contributed by atoms with Crippen LogP contribution in [0, 0.1) is 0 Å². The van der Waals surface area contributed by atoms with Crippen molar-refractivity contribution in [2.45, 2.75) is 31.8 Å². The van der Waals surface area contributed by atoms with Crippen LogP contribution in [0.3, 0.4) is 0 Å². The summed E-state index contributed by atoms with van der Waals surface area (Å²) in [4.78, 5) is 2.48. The Morgan fingerprint density at radius 3 is 2.68 bits per heavy atom. The smallest absolute Gasteiger partial charge is 0.127 e. The zero-order chi connectivity index (χ0) is 13.8. The Morgan fingerprint density at radius 2 is 2.16 bits per heavy atom. The quantitative estimate of drug-likeness (QED) is 0.885. The first kappa shape index (κ1) is 14.2. The van der Waals surface area contributed by atoms with E-state index in [9.17, 15) is 0 Å². The highest BCUT2D eigenvalue weighted by Crippen LogP contribution is 2.35. The topological polar surface area (TPSA) is 47.7 Å². The van der Waals surface area contributed by atoms with E-state index in [0.717, 1.165) is 23.6 Å². The van der Waals surface area contributed by atoms with E-state index in [1.54, 1.807) is 14.2 Å². The zero-order valence-corrected chi connectivity index (χ0v) is 12.1. The molecule has 19 heavy (non-hydrogen) atoms. The van der Waals surface area contributed by atoms with E-state index in [2.05, 4.69) is 17.9 Å². The Hall–Kier alpha value is -1.26. The van der Waals surface area contributed by atoms with Gasteiger partial charge in [0.05, 0.1) is 20.3 Å². The van der Waals surface area contributed by atoms with Crippen LogP contribution in [0.5, 0.6) is 11.5 Å². The molecule has 4 nitrogen and oxygen atoms in total. The molecule has 0 spiro atoms. The number of hydrogen-bond acceptors (Lipinski definition) is 4. The Morgan fingerprint density at radius 1 is 1.37 bits per heavy atom. The van der Waals surface area contributed by atoms with E-state index < -0.39 is 0 Å². The third-order valence-electron chi connectivity index (χ3n) is 4.03. The van der Waals surface area contributed by atoms with Crippen LogP contribution < -0.4 is 15.2 Å². The van der Waals surface area contributed by atoms with Gasteiger partial charge in [-0.1, -0.05) is 6.07 Å². The van der Waals surface area contributed by atoms with E-state index in [-0.39, 0.29) is 6.04 Å². The van der Waals surface area contributed by atoms with Gasteiger partial charge in [0.25, 0.3) is 0 Å². The van der Waals surface area contributed by atoms with Gasteiger partial charge in [0.15, 0.2) is 0 Å². The molecule has 0 aromatic heterocycles. The minimum absolute atomic E-state index is 0.221. The number of ether oxygens (including phenoxy) is 2. The molecule has 1 aromatic rings. The van der Waals surface area contributed by atoms with Gasteiger partial charge >= 0.3 is 0 Å². The standard InChI is InChI=1S/C15H24N2O2/c1-11-5-4-8-17(11)14(10-16)13-7-6-12(18-2)9-15(13)19-3/h6-7,9,11,14H,4-5,8,10,16H2,1-3H3. The van der Waals surface area contributed by atoms with Crippen molar-refractivity contribution in [2.24, 2.45) is 5.73 Å². The summed E-state index contributed by atoms with van der Waals surface area (Å²) in [5.41, 5.74) is 7.16. The molecule has 2 rings (SSSR count). The summed E-state index contributed by atoms with van der Waals surface area (Å²) in [5.74, 6) is 1.67. The fourth-order valence-corrected chi connectivity index (χ4v) is 2.95. The van der Waals surface area contributed by atoms with Crippen molar-refractivity contribution in [3.05, 3.63) is 23.8 Å². The van der Waals surface area contributed by atoms with Crippen molar-refractivity contribution >= 4 is 0 Å². The lowest BCUT2D eigenvalue weighted by atomic mass is 10.0. The maximum absolute atomic E-state index is 6.01. The van der Waals surface area contributed by atoms with Crippen LogP contribution in [0.15, 0.2) is 18.2 Å². The van der Waals surface area contributed by atoms with E-state index in [1.165, 1.54) is 12.8 Å². The van der Waals surface area contributed by atoms with E-state index in [1.807, 2.05) is 12.1 Å². The Balaban J connectivity index is 2.31. The molecule has 0 bridgehead atoms. The second kappa shape index (κ2) is 6.26. The minimum atomic E-state index is 0.221. The highest BCUT2D eigenvalue weighted by atomic mass is 16.5. The highest BCUT2D eigenvalue weighted by molar-refractivity contribution is 5.42. The summed E-state index contributed by atoms with van der Waals surface area (Å²) in [6.45, 7) is 3.98. The molecule has 1 aromatic carbocycles. The normalized spacial score (nSPS) is 21.4. The maximum atomic E-state index is 6.01. The molecule has 1 aliphatic heterocycles. The molecule has 0 saturated carbocycles. The van der Waals surface area contributed by atoms with Gasteiger partial charge in [-0.05, 0) is 32.4 Å². The van der Waals surface area contributed by atoms with E-state index >= 15 is 0 Å². The van der Waals surface area contributed by atoms with Gasteiger partial charge in [0.2, 0.25) is 0 Å². The van der Waals surface area contributed by atoms with Crippen molar-refractivity contribution in [3.8, 4) is 11.5 Å². The van der Waals surface area contributed by atoms with Crippen LogP contribution >= 0.6 is 0 Å². The molecule has 1 heterocycles. The average Bonchev–Trinajstić information content (AvgIpc) is 2.86. The van der Waals surface area contributed by atoms with Crippen LogP contribution in [0.4, 0.5) is 0 Å². The molecular weight excluding hydrogens is 240 g/mol. The van der Waals surface area contributed by atoms with Gasteiger partial charge < -0.3 is 15.2 Å². The van der Waals surface area contributed by atoms with Crippen LogP contribution in [0.2, 0.25) is 0 Å². The second-order valence-corrected chi connectivity index (χ2v) is 5.09. The molecule has 2 N–H and O–H groups in total. The van der Waals surface area contributed by atoms with Crippen molar-refractivity contribution in [3.63, 3.8) is 0 Å². The predicted molar refractivity (Wildman–Crippen MR) is 76.7 cm³/mol. The fourth-order valence-electron chi connectivity index (χ4n) is 2.95. The van der Waals surface area contributed by atoms with Crippen LogP contribution in [0.25, 0.3) is 0 Å². The van der Waals surface area contributed by atoms with E-state index in [4.69, 9.17) is 15.2 Å². The van der Waals surface area contributed by atoms with Crippen molar-refractivity contribution in [1.82, 2.24) is 4.90 Å². The first-order valence-corrected chi connectivity index (χ1v) is 6.89. The van der Waals surface area contributed by atoms with Gasteiger partial charge in [-0.15, -0.1) is 0 Å². The summed E-state index contributed by atoms with van der Waals surface area (Å²) >= 11 is 0. The third-order valence-corrected chi connectivity index (χ3v) is 4.03. The van der Waals surface area contributed by atoms with Crippen molar-refractivity contribution in [1.29, 1.82) is 0 Å². The number of nitrogens with zero attached hydrogens (tertiary/aromatic N) is 1. The first-order chi connectivity index (χ1) is 9.21. The fraction of sp³-hybridized carbons (Fsp3) is 0.600.